The quantitative estimate of drug-likeness (QED) is 0.823. The van der Waals surface area contributed by atoms with Crippen LogP contribution in [0.5, 0.6) is 0 Å². The van der Waals surface area contributed by atoms with Crippen LogP contribution in [-0.4, -0.2) is 78.3 Å². The molecule has 144 valence electrons. The SMILES string of the molecule is CC(=O)N1CCN(CC(=O)N(C)C)C[C@@H](Cc2cccc3cccnc23)C1. The molecule has 3 rings (SSSR count). The van der Waals surface area contributed by atoms with E-state index in [9.17, 15) is 9.59 Å². The highest BCUT2D eigenvalue weighted by Gasteiger charge is 2.26. The van der Waals surface area contributed by atoms with E-state index in [0.29, 0.717) is 19.6 Å². The number of rotatable bonds is 4. The zero-order valence-corrected chi connectivity index (χ0v) is 16.4. The van der Waals surface area contributed by atoms with Gasteiger partial charge in [0.2, 0.25) is 11.8 Å². The van der Waals surface area contributed by atoms with Crippen LogP contribution in [0.15, 0.2) is 36.5 Å². The summed E-state index contributed by atoms with van der Waals surface area (Å²) in [7, 11) is 3.56. The zero-order chi connectivity index (χ0) is 19.4. The first-order chi connectivity index (χ1) is 12.9. The monoisotopic (exact) mass is 368 g/mol. The van der Waals surface area contributed by atoms with Gasteiger partial charge in [0.15, 0.2) is 0 Å². The van der Waals surface area contributed by atoms with Crippen molar-refractivity contribution in [2.24, 2.45) is 5.92 Å². The van der Waals surface area contributed by atoms with Crippen molar-refractivity contribution in [2.75, 3.05) is 46.8 Å². The molecule has 0 saturated carbocycles. The van der Waals surface area contributed by atoms with Crippen molar-refractivity contribution in [1.29, 1.82) is 0 Å². The maximum Gasteiger partial charge on any atom is 0.236 e. The van der Waals surface area contributed by atoms with Crippen LogP contribution in [0, 0.1) is 5.92 Å². The van der Waals surface area contributed by atoms with Crippen LogP contribution in [0.25, 0.3) is 10.9 Å². The maximum absolute atomic E-state index is 12.2. The second kappa shape index (κ2) is 8.48. The van der Waals surface area contributed by atoms with Gasteiger partial charge in [0, 0.05) is 58.8 Å². The molecule has 6 heteroatoms. The minimum Gasteiger partial charge on any atom is -0.348 e. The van der Waals surface area contributed by atoms with E-state index in [-0.39, 0.29) is 17.7 Å². The average Bonchev–Trinajstić information content (AvgIpc) is 2.84. The van der Waals surface area contributed by atoms with Gasteiger partial charge in [-0.3, -0.25) is 19.5 Å². The molecule has 0 bridgehead atoms. The largest absolute Gasteiger partial charge is 0.348 e. The number of aromatic nitrogens is 1. The molecule has 0 radical (unpaired) electrons. The lowest BCUT2D eigenvalue weighted by Gasteiger charge is -2.25. The molecule has 0 aliphatic carbocycles. The Hall–Kier alpha value is -2.47. The summed E-state index contributed by atoms with van der Waals surface area (Å²) >= 11 is 0. The smallest absolute Gasteiger partial charge is 0.236 e. The molecule has 0 spiro atoms. The van der Waals surface area contributed by atoms with Gasteiger partial charge in [0.25, 0.3) is 0 Å². The van der Waals surface area contributed by atoms with Crippen molar-refractivity contribution >= 4 is 22.7 Å². The Morgan fingerprint density at radius 2 is 1.93 bits per heavy atom. The third-order valence-electron chi connectivity index (χ3n) is 5.21. The number of hydrogen-bond acceptors (Lipinski definition) is 4. The van der Waals surface area contributed by atoms with E-state index >= 15 is 0 Å². The van der Waals surface area contributed by atoms with E-state index in [4.69, 9.17) is 0 Å². The van der Waals surface area contributed by atoms with Crippen molar-refractivity contribution in [2.45, 2.75) is 13.3 Å². The topological polar surface area (TPSA) is 56.8 Å². The molecule has 27 heavy (non-hydrogen) atoms. The Morgan fingerprint density at radius 1 is 1.15 bits per heavy atom. The second-order valence-electron chi connectivity index (χ2n) is 7.55. The van der Waals surface area contributed by atoms with Gasteiger partial charge in [-0.1, -0.05) is 24.3 Å². The summed E-state index contributed by atoms with van der Waals surface area (Å²) in [6.45, 7) is 4.92. The van der Waals surface area contributed by atoms with Crippen molar-refractivity contribution < 1.29 is 9.59 Å². The molecule has 2 amide bonds. The molecule has 1 aromatic carbocycles. The van der Waals surface area contributed by atoms with Crippen molar-refractivity contribution in [3.63, 3.8) is 0 Å². The molecular formula is C21H28N4O2. The van der Waals surface area contributed by atoms with Gasteiger partial charge in [-0.05, 0) is 24.0 Å². The molecule has 1 atom stereocenters. The van der Waals surface area contributed by atoms with Crippen LogP contribution in [0.2, 0.25) is 0 Å². The standard InChI is InChI=1S/C21H28N4O2/c1-16(26)25-11-10-24(15-20(27)23(2)3)13-17(14-25)12-19-7-4-6-18-8-5-9-22-21(18)19/h4-9,17H,10-15H2,1-3H3/t17-/m1/s1. The highest BCUT2D eigenvalue weighted by atomic mass is 16.2. The molecule has 1 aliphatic rings. The van der Waals surface area contributed by atoms with Gasteiger partial charge in [0.1, 0.15) is 0 Å². The molecule has 2 aromatic rings. The van der Waals surface area contributed by atoms with Gasteiger partial charge in [0.05, 0.1) is 12.1 Å². The minimum absolute atomic E-state index is 0.0943. The number of benzene rings is 1. The van der Waals surface area contributed by atoms with Crippen LogP contribution in [0.1, 0.15) is 12.5 Å². The summed E-state index contributed by atoms with van der Waals surface area (Å²) in [6.07, 6.45) is 2.66. The Kier molecular flexibility index (Phi) is 6.06. The first-order valence-electron chi connectivity index (χ1n) is 9.44. The number of carbonyl (C=O) groups excluding carboxylic acids is 2. The molecule has 0 N–H and O–H groups in total. The third-order valence-corrected chi connectivity index (χ3v) is 5.21. The molecule has 6 nitrogen and oxygen atoms in total. The van der Waals surface area contributed by atoms with Crippen molar-refractivity contribution in [1.82, 2.24) is 19.7 Å². The fourth-order valence-corrected chi connectivity index (χ4v) is 3.71. The normalized spacial score (nSPS) is 18.3. The number of amides is 2. The molecule has 1 saturated heterocycles. The summed E-state index contributed by atoms with van der Waals surface area (Å²) in [4.78, 5) is 34.5. The molecule has 0 unspecified atom stereocenters. The highest BCUT2D eigenvalue weighted by molar-refractivity contribution is 5.81. The lowest BCUT2D eigenvalue weighted by atomic mass is 9.96. The lowest BCUT2D eigenvalue weighted by molar-refractivity contribution is -0.130. The number of hydrogen-bond donors (Lipinski definition) is 0. The Balaban J connectivity index is 1.81. The van der Waals surface area contributed by atoms with Crippen LogP contribution in [-0.2, 0) is 16.0 Å². The summed E-state index contributed by atoms with van der Waals surface area (Å²) in [5.74, 6) is 0.452. The van der Waals surface area contributed by atoms with E-state index < -0.39 is 0 Å². The number of carbonyl (C=O) groups is 2. The number of pyridine rings is 1. The summed E-state index contributed by atoms with van der Waals surface area (Å²) in [6, 6.07) is 10.3. The van der Waals surface area contributed by atoms with Gasteiger partial charge in [-0.15, -0.1) is 0 Å². The number of para-hydroxylation sites is 1. The van der Waals surface area contributed by atoms with E-state index in [1.165, 1.54) is 5.56 Å². The summed E-state index contributed by atoms with van der Waals surface area (Å²) in [5, 5.41) is 1.13. The Bertz CT molecular complexity index is 815. The first kappa shape index (κ1) is 19.3. The van der Waals surface area contributed by atoms with Crippen molar-refractivity contribution in [3.05, 3.63) is 42.1 Å². The van der Waals surface area contributed by atoms with E-state index in [0.717, 1.165) is 30.4 Å². The van der Waals surface area contributed by atoms with Crippen molar-refractivity contribution in [3.8, 4) is 0 Å². The molecule has 1 aromatic heterocycles. The Morgan fingerprint density at radius 3 is 2.67 bits per heavy atom. The van der Waals surface area contributed by atoms with Crippen LogP contribution in [0.4, 0.5) is 0 Å². The number of nitrogens with zero attached hydrogens (tertiary/aromatic N) is 4. The van der Waals surface area contributed by atoms with E-state index in [1.807, 2.05) is 17.2 Å². The van der Waals surface area contributed by atoms with E-state index in [2.05, 4.69) is 34.1 Å². The highest BCUT2D eigenvalue weighted by Crippen LogP contribution is 2.21. The average molecular weight is 368 g/mol. The fourth-order valence-electron chi connectivity index (χ4n) is 3.71. The molecule has 1 aliphatic heterocycles. The van der Waals surface area contributed by atoms with Gasteiger partial charge in [-0.25, -0.2) is 0 Å². The predicted octanol–water partition coefficient (Wildman–Crippen LogP) is 1.65. The van der Waals surface area contributed by atoms with E-state index in [1.54, 1.807) is 25.9 Å². The zero-order valence-electron chi connectivity index (χ0n) is 16.4. The minimum atomic E-state index is 0.0943. The third kappa shape index (κ3) is 4.83. The van der Waals surface area contributed by atoms with Gasteiger partial charge in [-0.2, -0.15) is 0 Å². The number of likely N-dealkylation sites (N-methyl/N-ethyl adjacent to an activating group) is 1. The predicted molar refractivity (Wildman–Crippen MR) is 106 cm³/mol. The first-order valence-corrected chi connectivity index (χ1v) is 9.44. The molecule has 2 heterocycles. The summed E-state index contributed by atoms with van der Waals surface area (Å²) < 4.78 is 0. The van der Waals surface area contributed by atoms with Crippen LogP contribution < -0.4 is 0 Å². The summed E-state index contributed by atoms with van der Waals surface area (Å²) in [5.41, 5.74) is 2.22. The Labute approximate surface area is 160 Å². The number of fused-ring (bicyclic) bond motifs is 1. The maximum atomic E-state index is 12.2. The second-order valence-corrected chi connectivity index (χ2v) is 7.55. The molecule has 1 fully saturated rings. The van der Waals surface area contributed by atoms with Gasteiger partial charge >= 0.3 is 0 Å². The van der Waals surface area contributed by atoms with Gasteiger partial charge < -0.3 is 9.80 Å². The van der Waals surface area contributed by atoms with Crippen LogP contribution >= 0.6 is 0 Å². The molecular weight excluding hydrogens is 340 g/mol. The van der Waals surface area contributed by atoms with Crippen LogP contribution in [0.3, 0.4) is 0 Å². The lowest BCUT2D eigenvalue weighted by Crippen LogP contribution is -2.40. The fraction of sp³-hybridized carbons (Fsp3) is 0.476.